The highest BCUT2D eigenvalue weighted by Gasteiger charge is 2.25. The van der Waals surface area contributed by atoms with Crippen LogP contribution in [0, 0.1) is 5.82 Å². The van der Waals surface area contributed by atoms with E-state index in [9.17, 15) is 4.39 Å². The zero-order valence-electron chi connectivity index (χ0n) is 15.7. The third-order valence-electron chi connectivity index (χ3n) is 5.09. The Morgan fingerprint density at radius 1 is 1.13 bits per heavy atom. The van der Waals surface area contributed by atoms with E-state index in [-0.39, 0.29) is 11.9 Å². The third-order valence-corrected chi connectivity index (χ3v) is 5.72. The van der Waals surface area contributed by atoms with Gasteiger partial charge in [-0.05, 0) is 18.2 Å². The predicted molar refractivity (Wildman–Crippen MR) is 115 cm³/mol. The van der Waals surface area contributed by atoms with Crippen LogP contribution in [-0.4, -0.2) is 35.4 Å². The molecular weight excluding hydrogens is 430 g/mol. The van der Waals surface area contributed by atoms with Gasteiger partial charge < -0.3 is 14.8 Å². The minimum absolute atomic E-state index is 0.0994. The number of hydrogen-bond donors (Lipinski definition) is 2. The van der Waals surface area contributed by atoms with Gasteiger partial charge in [-0.2, -0.15) is 5.10 Å². The van der Waals surface area contributed by atoms with Gasteiger partial charge in [0.05, 0.1) is 40.2 Å². The van der Waals surface area contributed by atoms with E-state index in [0.717, 1.165) is 0 Å². The number of benzene rings is 2. The number of ether oxygens (including phenoxy) is 2. The monoisotopic (exact) mass is 446 g/mol. The molecule has 1 saturated heterocycles. The van der Waals surface area contributed by atoms with Gasteiger partial charge in [0, 0.05) is 30.7 Å². The van der Waals surface area contributed by atoms with E-state index in [1.807, 2.05) is 0 Å². The topological polar surface area (TPSA) is 71.5 Å². The molecule has 3 aromatic rings. The number of nitrogens with zero attached hydrogens (tertiary/aromatic N) is 2. The molecule has 0 spiro atoms. The first-order valence-electron chi connectivity index (χ1n) is 9.52. The van der Waals surface area contributed by atoms with Crippen LogP contribution in [0.2, 0.25) is 10.0 Å². The molecule has 0 radical (unpaired) electrons. The van der Waals surface area contributed by atoms with Gasteiger partial charge in [-0.3, -0.25) is 5.10 Å². The van der Waals surface area contributed by atoms with Crippen molar-refractivity contribution in [1.29, 1.82) is 0 Å². The lowest BCUT2D eigenvalue weighted by Gasteiger charge is -2.23. The first-order valence-corrected chi connectivity index (χ1v) is 10.3. The summed E-state index contributed by atoms with van der Waals surface area (Å²) in [6.07, 6.45) is 3.00. The number of aromatic nitrogens is 2. The molecule has 9 heteroatoms. The molecule has 0 unspecified atom stereocenters. The molecule has 0 atom stereocenters. The molecule has 154 valence electrons. The van der Waals surface area contributed by atoms with Gasteiger partial charge in [0.1, 0.15) is 17.6 Å². The highest BCUT2D eigenvalue weighted by atomic mass is 35.5. The van der Waals surface area contributed by atoms with E-state index in [2.05, 4.69) is 15.5 Å². The van der Waals surface area contributed by atoms with Crippen LogP contribution in [0.25, 0.3) is 11.3 Å². The third kappa shape index (κ3) is 3.53. The molecule has 3 heterocycles. The molecule has 6 nitrogen and oxygen atoms in total. The molecule has 2 N–H and O–H groups in total. The summed E-state index contributed by atoms with van der Waals surface area (Å²) < 4.78 is 26.2. The Morgan fingerprint density at radius 2 is 1.90 bits per heavy atom. The fourth-order valence-electron chi connectivity index (χ4n) is 3.60. The maximum Gasteiger partial charge on any atom is 0.165 e. The molecule has 0 aliphatic carbocycles. The molecule has 0 saturated carbocycles. The van der Waals surface area contributed by atoms with Crippen molar-refractivity contribution in [2.45, 2.75) is 18.9 Å². The lowest BCUT2D eigenvalue weighted by Crippen LogP contribution is -2.26. The smallest absolute Gasteiger partial charge is 0.165 e. The number of fused-ring (bicyclic) bond motifs is 3. The van der Waals surface area contributed by atoms with Gasteiger partial charge in [-0.15, -0.1) is 0 Å². The van der Waals surface area contributed by atoms with E-state index < -0.39 is 5.82 Å². The maximum atomic E-state index is 14.9. The van der Waals surface area contributed by atoms with Gasteiger partial charge in [0.15, 0.2) is 11.6 Å². The SMILES string of the molecule is Fc1cc2c(cc1OC1CCOCC1)N=C(c1c(Cl)cccc1Cl)Nc1c[nH]nc1-2. The van der Waals surface area contributed by atoms with Gasteiger partial charge in [-0.1, -0.05) is 29.3 Å². The summed E-state index contributed by atoms with van der Waals surface area (Å²) in [5.41, 5.74) is 2.78. The second-order valence-corrected chi connectivity index (χ2v) is 7.87. The Bertz CT molecular complexity index is 1120. The van der Waals surface area contributed by atoms with Gasteiger partial charge >= 0.3 is 0 Å². The van der Waals surface area contributed by atoms with Gasteiger partial charge in [-0.25, -0.2) is 9.38 Å². The van der Waals surface area contributed by atoms with Crippen molar-refractivity contribution in [3.8, 4) is 17.0 Å². The number of nitrogens with one attached hydrogen (secondary N) is 2. The normalized spacial score (nSPS) is 16.2. The first-order chi connectivity index (χ1) is 14.6. The van der Waals surface area contributed by atoms with Gasteiger partial charge in [0.25, 0.3) is 0 Å². The molecule has 1 fully saturated rings. The number of aromatic amines is 1. The minimum atomic E-state index is -0.469. The van der Waals surface area contributed by atoms with Crippen molar-refractivity contribution in [3.63, 3.8) is 0 Å². The second-order valence-electron chi connectivity index (χ2n) is 7.06. The van der Waals surface area contributed by atoms with Crippen molar-refractivity contribution < 1.29 is 13.9 Å². The average molecular weight is 447 g/mol. The van der Waals surface area contributed by atoms with Crippen LogP contribution in [-0.2, 0) is 4.74 Å². The second kappa shape index (κ2) is 7.91. The Hall–Kier alpha value is -2.61. The number of halogens is 3. The van der Waals surface area contributed by atoms with Crippen molar-refractivity contribution in [3.05, 3.63) is 58.0 Å². The number of amidine groups is 1. The van der Waals surface area contributed by atoms with E-state index in [0.29, 0.717) is 70.1 Å². The zero-order chi connectivity index (χ0) is 20.7. The van der Waals surface area contributed by atoms with Crippen LogP contribution >= 0.6 is 23.2 Å². The molecule has 30 heavy (non-hydrogen) atoms. The van der Waals surface area contributed by atoms with Crippen molar-refractivity contribution in [2.24, 2.45) is 4.99 Å². The summed E-state index contributed by atoms with van der Waals surface area (Å²) in [7, 11) is 0. The summed E-state index contributed by atoms with van der Waals surface area (Å²) in [6.45, 7) is 1.20. The first kappa shape index (κ1) is 19.4. The highest BCUT2D eigenvalue weighted by Crippen LogP contribution is 2.41. The Balaban J connectivity index is 1.63. The molecular formula is C21H17Cl2FN4O2. The molecule has 5 rings (SSSR count). The Kier molecular flexibility index (Phi) is 5.10. The molecule has 0 bridgehead atoms. The molecule has 2 aliphatic rings. The maximum absolute atomic E-state index is 14.9. The lowest BCUT2D eigenvalue weighted by molar-refractivity contribution is 0.0240. The molecule has 0 amide bonds. The molecule has 2 aromatic carbocycles. The van der Waals surface area contributed by atoms with Crippen molar-refractivity contribution in [1.82, 2.24) is 10.2 Å². The summed E-state index contributed by atoms with van der Waals surface area (Å²) in [4.78, 5) is 4.72. The highest BCUT2D eigenvalue weighted by molar-refractivity contribution is 6.41. The Labute approximate surface area is 182 Å². The largest absolute Gasteiger partial charge is 0.487 e. The average Bonchev–Trinajstić information content (AvgIpc) is 3.13. The zero-order valence-corrected chi connectivity index (χ0v) is 17.2. The predicted octanol–water partition coefficient (Wildman–Crippen LogP) is 5.58. The quantitative estimate of drug-likeness (QED) is 0.550. The van der Waals surface area contributed by atoms with E-state index in [1.54, 1.807) is 30.5 Å². The van der Waals surface area contributed by atoms with E-state index in [4.69, 9.17) is 37.7 Å². The minimum Gasteiger partial charge on any atom is -0.487 e. The summed E-state index contributed by atoms with van der Waals surface area (Å²) in [5, 5.41) is 11.2. The molecule has 1 aromatic heterocycles. The fraction of sp³-hybridized carbons (Fsp3) is 0.238. The Morgan fingerprint density at radius 3 is 2.67 bits per heavy atom. The number of aliphatic imine (C=N–C) groups is 1. The van der Waals surface area contributed by atoms with Crippen LogP contribution in [0.4, 0.5) is 15.8 Å². The van der Waals surface area contributed by atoms with Crippen molar-refractivity contribution in [2.75, 3.05) is 18.5 Å². The number of hydrogen-bond acceptors (Lipinski definition) is 5. The van der Waals surface area contributed by atoms with E-state index in [1.165, 1.54) is 6.07 Å². The number of H-pyrrole nitrogens is 1. The van der Waals surface area contributed by atoms with Crippen LogP contribution in [0.5, 0.6) is 5.75 Å². The molecule has 2 aliphatic heterocycles. The van der Waals surface area contributed by atoms with Crippen LogP contribution in [0.1, 0.15) is 18.4 Å². The van der Waals surface area contributed by atoms with E-state index >= 15 is 0 Å². The van der Waals surface area contributed by atoms with Crippen LogP contribution in [0.3, 0.4) is 0 Å². The summed E-state index contributed by atoms with van der Waals surface area (Å²) in [6, 6.07) is 8.22. The van der Waals surface area contributed by atoms with Crippen molar-refractivity contribution >= 4 is 40.4 Å². The number of rotatable bonds is 3. The summed E-state index contributed by atoms with van der Waals surface area (Å²) >= 11 is 12.8. The lowest BCUT2D eigenvalue weighted by atomic mass is 10.1. The van der Waals surface area contributed by atoms with Crippen LogP contribution in [0.15, 0.2) is 41.5 Å². The number of anilines is 1. The summed E-state index contributed by atoms with van der Waals surface area (Å²) in [5.74, 6) is 0.118. The standard InChI is InChI=1S/C21H17Cl2FN4O2/c22-13-2-1-3-14(23)19(13)21-26-16-9-18(30-11-4-6-29-7-5-11)15(24)8-12(16)20-17(27-21)10-25-28-20/h1-3,8-11H,4-7H2,(H,25,28)(H,26,27). The van der Waals surface area contributed by atoms with Crippen LogP contribution < -0.4 is 10.1 Å². The van der Waals surface area contributed by atoms with Gasteiger partial charge in [0.2, 0.25) is 0 Å². The fourth-order valence-corrected chi connectivity index (χ4v) is 4.17.